The smallest absolute Gasteiger partial charge is 0.419 e. The summed E-state index contributed by atoms with van der Waals surface area (Å²) in [4.78, 5) is 25.1. The van der Waals surface area contributed by atoms with Crippen LogP contribution in [-0.4, -0.2) is 17.1 Å². The first-order chi connectivity index (χ1) is 15.0. The van der Waals surface area contributed by atoms with E-state index < -0.39 is 12.0 Å². The molecule has 0 unspecified atom stereocenters. The van der Waals surface area contributed by atoms with Gasteiger partial charge in [0.15, 0.2) is 0 Å². The Bertz CT molecular complexity index is 1020. The van der Waals surface area contributed by atoms with Crippen LogP contribution in [0.5, 0.6) is 0 Å². The highest BCUT2D eigenvalue weighted by Gasteiger charge is 2.26. The molecular formula is C28H35NO3. The number of carbonyl (C=O) groups excluding carboxylic acids is 1. The third kappa shape index (κ3) is 6.68. The Kier molecular flexibility index (Phi) is 8.59. The van der Waals surface area contributed by atoms with Gasteiger partial charge in [-0.1, -0.05) is 73.6 Å². The zero-order valence-electron chi connectivity index (χ0n) is 20.1. The van der Waals surface area contributed by atoms with Crippen molar-refractivity contribution in [3.8, 4) is 0 Å². The van der Waals surface area contributed by atoms with Crippen molar-refractivity contribution in [1.82, 2.24) is 0 Å². The van der Waals surface area contributed by atoms with E-state index in [-0.39, 0.29) is 5.41 Å². The van der Waals surface area contributed by atoms with E-state index in [4.69, 9.17) is 0 Å². The van der Waals surface area contributed by atoms with Crippen LogP contribution in [-0.2, 0) is 4.79 Å². The van der Waals surface area contributed by atoms with Gasteiger partial charge in [0.05, 0.1) is 5.69 Å². The van der Waals surface area contributed by atoms with Crippen LogP contribution in [0.25, 0.3) is 0 Å². The van der Waals surface area contributed by atoms with Crippen LogP contribution in [0.4, 0.5) is 10.5 Å². The normalized spacial score (nSPS) is 17.3. The maximum atomic E-state index is 12.6. The molecule has 2 amide bonds. The summed E-state index contributed by atoms with van der Waals surface area (Å²) in [5.41, 5.74) is 5.98. The molecule has 0 atom stereocenters. The molecule has 4 heteroatoms. The highest BCUT2D eigenvalue weighted by Crippen LogP contribution is 2.40. The molecule has 32 heavy (non-hydrogen) atoms. The quantitative estimate of drug-likeness (QED) is 0.372. The maximum absolute atomic E-state index is 12.6. The molecular weight excluding hydrogens is 398 g/mol. The number of hydrogen-bond acceptors (Lipinski definition) is 2. The lowest BCUT2D eigenvalue weighted by Gasteiger charge is -2.32. The lowest BCUT2D eigenvalue weighted by Crippen LogP contribution is -2.35. The Labute approximate surface area is 192 Å². The molecule has 4 nitrogen and oxygen atoms in total. The monoisotopic (exact) mass is 433 g/mol. The molecule has 0 spiro atoms. The number of aryl methyl sites for hydroxylation is 1. The SMILES string of the molecule is CC1=C(/C=C/C(C)=C/C=C/C(C)=C/C(=O)N(C(=O)O)c2ccccc2C)C(C)(C)CCC1. The molecule has 1 aromatic rings. The van der Waals surface area contributed by atoms with Gasteiger partial charge in [0, 0.05) is 6.08 Å². The first-order valence-electron chi connectivity index (χ1n) is 11.1. The van der Waals surface area contributed by atoms with Gasteiger partial charge in [0.1, 0.15) is 0 Å². The second-order valence-corrected chi connectivity index (χ2v) is 9.17. The Hall–Kier alpha value is -3.14. The number of rotatable bonds is 6. The van der Waals surface area contributed by atoms with Crippen LogP contribution >= 0.6 is 0 Å². The largest absolute Gasteiger partial charge is 0.464 e. The van der Waals surface area contributed by atoms with Crippen LogP contribution in [0.3, 0.4) is 0 Å². The number of imide groups is 1. The van der Waals surface area contributed by atoms with Crippen molar-refractivity contribution in [3.05, 3.63) is 88.6 Å². The molecule has 1 aromatic carbocycles. The van der Waals surface area contributed by atoms with Gasteiger partial charge < -0.3 is 5.11 Å². The fourth-order valence-electron chi connectivity index (χ4n) is 4.07. The number of carboxylic acid groups (broad SMARTS) is 1. The van der Waals surface area contributed by atoms with Gasteiger partial charge in [-0.05, 0) is 75.1 Å². The van der Waals surface area contributed by atoms with E-state index in [9.17, 15) is 14.7 Å². The molecule has 0 bridgehead atoms. The van der Waals surface area contributed by atoms with Crippen molar-refractivity contribution >= 4 is 17.7 Å². The van der Waals surface area contributed by atoms with Crippen molar-refractivity contribution in [2.45, 2.75) is 60.8 Å². The number of nitrogens with zero attached hydrogens (tertiary/aromatic N) is 1. The average Bonchev–Trinajstić information content (AvgIpc) is 2.68. The Morgan fingerprint density at radius 2 is 1.75 bits per heavy atom. The number of amides is 2. The summed E-state index contributed by atoms with van der Waals surface area (Å²) in [5.74, 6) is -0.587. The number of benzene rings is 1. The van der Waals surface area contributed by atoms with Crippen LogP contribution in [0.15, 0.2) is 83.0 Å². The van der Waals surface area contributed by atoms with Crippen molar-refractivity contribution < 1.29 is 14.7 Å². The number of carbonyl (C=O) groups is 2. The maximum Gasteiger partial charge on any atom is 0.419 e. The summed E-state index contributed by atoms with van der Waals surface area (Å²) >= 11 is 0. The summed E-state index contributed by atoms with van der Waals surface area (Å²) in [7, 11) is 0. The predicted molar refractivity (Wildman–Crippen MR) is 133 cm³/mol. The predicted octanol–water partition coefficient (Wildman–Crippen LogP) is 7.54. The summed E-state index contributed by atoms with van der Waals surface area (Å²) in [5, 5.41) is 9.54. The molecule has 0 radical (unpaired) electrons. The molecule has 2 rings (SSSR count). The highest BCUT2D eigenvalue weighted by molar-refractivity contribution is 6.16. The Morgan fingerprint density at radius 3 is 2.38 bits per heavy atom. The van der Waals surface area contributed by atoms with Crippen LogP contribution in [0, 0.1) is 12.3 Å². The molecule has 0 heterocycles. The van der Waals surface area contributed by atoms with Gasteiger partial charge in [-0.15, -0.1) is 0 Å². The van der Waals surface area contributed by atoms with Gasteiger partial charge in [-0.2, -0.15) is 0 Å². The molecule has 0 aliphatic heterocycles. The second-order valence-electron chi connectivity index (χ2n) is 9.17. The minimum atomic E-state index is -1.30. The Balaban J connectivity index is 2.12. The molecule has 170 valence electrons. The summed E-state index contributed by atoms with van der Waals surface area (Å²) in [6.07, 6.45) is 13.7. The van der Waals surface area contributed by atoms with Crippen molar-refractivity contribution in [2.24, 2.45) is 5.41 Å². The number of hydrogen-bond donors (Lipinski definition) is 1. The second kappa shape index (κ2) is 10.9. The molecule has 0 saturated heterocycles. The molecule has 0 aromatic heterocycles. The van der Waals surface area contributed by atoms with Gasteiger partial charge >= 0.3 is 6.09 Å². The van der Waals surface area contributed by atoms with E-state index in [2.05, 4.69) is 32.9 Å². The third-order valence-corrected chi connectivity index (χ3v) is 5.89. The first kappa shape index (κ1) is 25.1. The number of para-hydroxylation sites is 1. The van der Waals surface area contributed by atoms with Crippen LogP contribution in [0.1, 0.15) is 59.4 Å². The van der Waals surface area contributed by atoms with Gasteiger partial charge in [-0.25, -0.2) is 9.69 Å². The third-order valence-electron chi connectivity index (χ3n) is 5.89. The summed E-state index contributed by atoms with van der Waals surface area (Å²) in [6, 6.07) is 6.93. The average molecular weight is 434 g/mol. The minimum Gasteiger partial charge on any atom is -0.464 e. The first-order valence-corrected chi connectivity index (χ1v) is 11.1. The van der Waals surface area contributed by atoms with E-state index in [0.29, 0.717) is 11.3 Å². The van der Waals surface area contributed by atoms with E-state index in [1.165, 1.54) is 36.5 Å². The lowest BCUT2D eigenvalue weighted by molar-refractivity contribution is -0.113. The number of allylic oxidation sites excluding steroid dienone is 9. The van der Waals surface area contributed by atoms with Crippen LogP contribution < -0.4 is 4.90 Å². The van der Waals surface area contributed by atoms with Gasteiger partial charge in [-0.3, -0.25) is 4.79 Å². The summed E-state index contributed by atoms with van der Waals surface area (Å²) in [6.45, 7) is 12.4. The summed E-state index contributed by atoms with van der Waals surface area (Å²) < 4.78 is 0. The molecule has 1 N–H and O–H groups in total. The topological polar surface area (TPSA) is 57.6 Å². The fraction of sp³-hybridized carbons (Fsp3) is 0.357. The van der Waals surface area contributed by atoms with E-state index >= 15 is 0 Å². The van der Waals surface area contributed by atoms with Gasteiger partial charge in [0.2, 0.25) is 0 Å². The van der Waals surface area contributed by atoms with E-state index in [1.54, 1.807) is 32.0 Å². The van der Waals surface area contributed by atoms with Crippen LogP contribution in [0.2, 0.25) is 0 Å². The van der Waals surface area contributed by atoms with E-state index in [0.717, 1.165) is 16.0 Å². The minimum absolute atomic E-state index is 0.210. The fourth-order valence-corrected chi connectivity index (χ4v) is 4.07. The molecule has 1 aliphatic carbocycles. The molecule has 0 fully saturated rings. The van der Waals surface area contributed by atoms with Crippen molar-refractivity contribution in [3.63, 3.8) is 0 Å². The van der Waals surface area contributed by atoms with Gasteiger partial charge in [0.25, 0.3) is 5.91 Å². The standard InChI is InChI=1S/C28H35NO3/c1-20(16-17-24-22(3)14-10-18-28(24,5)6)11-9-12-21(2)19-26(30)29(27(31)32)25-15-8-7-13-23(25)4/h7-9,11-13,15-17,19H,10,14,18H2,1-6H3,(H,31,32)/b12-9+,17-16+,20-11+,21-19+. The zero-order valence-corrected chi connectivity index (χ0v) is 20.1. The molecule has 1 aliphatic rings. The Morgan fingerprint density at radius 1 is 1.06 bits per heavy atom. The van der Waals surface area contributed by atoms with Crippen molar-refractivity contribution in [2.75, 3.05) is 4.90 Å². The zero-order chi connectivity index (χ0) is 23.9. The molecule has 0 saturated carbocycles. The lowest BCUT2D eigenvalue weighted by atomic mass is 9.72. The van der Waals surface area contributed by atoms with Crippen molar-refractivity contribution in [1.29, 1.82) is 0 Å². The highest BCUT2D eigenvalue weighted by atomic mass is 16.4. The van der Waals surface area contributed by atoms with E-state index in [1.807, 2.05) is 31.2 Å². The number of anilines is 1.